The highest BCUT2D eigenvalue weighted by atomic mass is 19.1. The normalized spacial score (nSPS) is 12.2. The Hall–Kier alpha value is -1.38. The number of carbonyl (C=O) groups is 1. The van der Waals surface area contributed by atoms with E-state index in [0.717, 1.165) is 31.2 Å². The lowest BCUT2D eigenvalue weighted by Crippen LogP contribution is -2.30. The van der Waals surface area contributed by atoms with Crippen LogP contribution in [0.3, 0.4) is 0 Å². The highest BCUT2D eigenvalue weighted by Gasteiger charge is 2.14. The number of halogens is 1. The standard InChI is InChI=1S/C15H22FNO/c1-3-5-6-13(4-2)15(18)17-11-12-7-9-14(16)10-8-12/h7-10,13H,3-6,11H2,1-2H3,(H,17,18)/t13-/m0/s1. The molecule has 3 heteroatoms. The molecule has 0 spiro atoms. The van der Waals surface area contributed by atoms with Crippen molar-refractivity contribution in [2.75, 3.05) is 0 Å². The minimum absolute atomic E-state index is 0.102. The summed E-state index contributed by atoms with van der Waals surface area (Å²) in [6, 6.07) is 6.22. The Kier molecular flexibility index (Phi) is 6.40. The second-order valence-corrected chi connectivity index (χ2v) is 4.59. The maximum absolute atomic E-state index is 12.7. The average molecular weight is 251 g/mol. The topological polar surface area (TPSA) is 29.1 Å². The van der Waals surface area contributed by atoms with Gasteiger partial charge in [0, 0.05) is 12.5 Å². The van der Waals surface area contributed by atoms with Crippen LogP contribution in [0.1, 0.15) is 45.1 Å². The third-order valence-corrected chi connectivity index (χ3v) is 3.15. The zero-order valence-electron chi connectivity index (χ0n) is 11.2. The van der Waals surface area contributed by atoms with E-state index in [1.165, 1.54) is 12.1 Å². The summed E-state index contributed by atoms with van der Waals surface area (Å²) >= 11 is 0. The molecule has 100 valence electrons. The second kappa shape index (κ2) is 7.85. The Labute approximate surface area is 109 Å². The van der Waals surface area contributed by atoms with Crippen molar-refractivity contribution in [2.24, 2.45) is 5.92 Å². The van der Waals surface area contributed by atoms with Crippen LogP contribution in [0.5, 0.6) is 0 Å². The number of amides is 1. The van der Waals surface area contributed by atoms with E-state index < -0.39 is 0 Å². The molecule has 0 unspecified atom stereocenters. The molecular weight excluding hydrogens is 229 g/mol. The second-order valence-electron chi connectivity index (χ2n) is 4.59. The molecule has 0 aromatic heterocycles. The van der Waals surface area contributed by atoms with Crippen LogP contribution in [-0.2, 0) is 11.3 Å². The quantitative estimate of drug-likeness (QED) is 0.787. The molecule has 1 N–H and O–H groups in total. The summed E-state index contributed by atoms with van der Waals surface area (Å²) < 4.78 is 12.7. The minimum atomic E-state index is -0.251. The lowest BCUT2D eigenvalue weighted by Gasteiger charge is -2.14. The van der Waals surface area contributed by atoms with Crippen molar-refractivity contribution in [1.29, 1.82) is 0 Å². The molecule has 1 rings (SSSR count). The summed E-state index contributed by atoms with van der Waals surface area (Å²) in [5, 5.41) is 2.92. The molecule has 1 atom stereocenters. The molecule has 0 bridgehead atoms. The van der Waals surface area contributed by atoms with Crippen molar-refractivity contribution in [1.82, 2.24) is 5.32 Å². The van der Waals surface area contributed by atoms with Crippen LogP contribution >= 0.6 is 0 Å². The lowest BCUT2D eigenvalue weighted by atomic mass is 9.98. The fraction of sp³-hybridized carbons (Fsp3) is 0.533. The number of carbonyl (C=O) groups excluding carboxylic acids is 1. The molecule has 0 fully saturated rings. The van der Waals surface area contributed by atoms with E-state index in [4.69, 9.17) is 0 Å². The van der Waals surface area contributed by atoms with Crippen LogP contribution in [0.2, 0.25) is 0 Å². The van der Waals surface area contributed by atoms with Crippen LogP contribution in [0.4, 0.5) is 4.39 Å². The first-order valence-electron chi connectivity index (χ1n) is 6.69. The Morgan fingerprint density at radius 3 is 2.50 bits per heavy atom. The van der Waals surface area contributed by atoms with Gasteiger partial charge in [-0.15, -0.1) is 0 Å². The van der Waals surface area contributed by atoms with Gasteiger partial charge in [0.05, 0.1) is 0 Å². The van der Waals surface area contributed by atoms with Gasteiger partial charge in [0.2, 0.25) is 5.91 Å². The Balaban J connectivity index is 2.41. The number of hydrogen-bond acceptors (Lipinski definition) is 1. The van der Waals surface area contributed by atoms with Gasteiger partial charge < -0.3 is 5.32 Å². The zero-order valence-corrected chi connectivity index (χ0v) is 11.2. The molecule has 0 aliphatic heterocycles. The Morgan fingerprint density at radius 2 is 1.94 bits per heavy atom. The zero-order chi connectivity index (χ0) is 13.4. The summed E-state index contributed by atoms with van der Waals surface area (Å²) in [5.41, 5.74) is 0.926. The fourth-order valence-electron chi connectivity index (χ4n) is 1.91. The maximum Gasteiger partial charge on any atom is 0.223 e. The molecule has 1 aromatic rings. The predicted molar refractivity (Wildman–Crippen MR) is 71.6 cm³/mol. The first kappa shape index (κ1) is 14.7. The van der Waals surface area contributed by atoms with Gasteiger partial charge >= 0.3 is 0 Å². The largest absolute Gasteiger partial charge is 0.352 e. The van der Waals surface area contributed by atoms with E-state index in [-0.39, 0.29) is 17.6 Å². The third-order valence-electron chi connectivity index (χ3n) is 3.15. The van der Waals surface area contributed by atoms with E-state index in [1.54, 1.807) is 12.1 Å². The van der Waals surface area contributed by atoms with E-state index in [9.17, 15) is 9.18 Å². The van der Waals surface area contributed by atoms with Crippen LogP contribution in [0.15, 0.2) is 24.3 Å². The van der Waals surface area contributed by atoms with Crippen molar-refractivity contribution in [3.8, 4) is 0 Å². The SMILES string of the molecule is CCCC[C@H](CC)C(=O)NCc1ccc(F)cc1. The highest BCUT2D eigenvalue weighted by Crippen LogP contribution is 2.13. The van der Waals surface area contributed by atoms with Crippen molar-refractivity contribution >= 4 is 5.91 Å². The molecular formula is C15H22FNO. The van der Waals surface area contributed by atoms with Crippen molar-refractivity contribution < 1.29 is 9.18 Å². The molecule has 0 heterocycles. The van der Waals surface area contributed by atoms with Gasteiger partial charge in [-0.25, -0.2) is 4.39 Å². The van der Waals surface area contributed by atoms with Gasteiger partial charge in [-0.1, -0.05) is 38.8 Å². The number of unbranched alkanes of at least 4 members (excludes halogenated alkanes) is 1. The lowest BCUT2D eigenvalue weighted by molar-refractivity contribution is -0.125. The number of rotatable bonds is 7. The monoisotopic (exact) mass is 251 g/mol. The van der Waals surface area contributed by atoms with E-state index in [0.29, 0.717) is 6.54 Å². The van der Waals surface area contributed by atoms with Gasteiger partial charge in [-0.2, -0.15) is 0 Å². The third kappa shape index (κ3) is 4.86. The predicted octanol–water partition coefficient (Wildman–Crippen LogP) is 3.66. The average Bonchev–Trinajstić information content (AvgIpc) is 2.39. The highest BCUT2D eigenvalue weighted by molar-refractivity contribution is 5.78. The maximum atomic E-state index is 12.7. The fourth-order valence-corrected chi connectivity index (χ4v) is 1.91. The van der Waals surface area contributed by atoms with Crippen LogP contribution in [-0.4, -0.2) is 5.91 Å². The van der Waals surface area contributed by atoms with Crippen molar-refractivity contribution in [3.63, 3.8) is 0 Å². The number of benzene rings is 1. The minimum Gasteiger partial charge on any atom is -0.352 e. The van der Waals surface area contributed by atoms with Crippen molar-refractivity contribution in [2.45, 2.75) is 46.1 Å². The van der Waals surface area contributed by atoms with Gasteiger partial charge in [-0.05, 0) is 30.5 Å². The van der Waals surface area contributed by atoms with Crippen LogP contribution in [0.25, 0.3) is 0 Å². The van der Waals surface area contributed by atoms with Gasteiger partial charge in [-0.3, -0.25) is 4.79 Å². The number of hydrogen-bond donors (Lipinski definition) is 1. The molecule has 0 aliphatic carbocycles. The van der Waals surface area contributed by atoms with Gasteiger partial charge in [0.1, 0.15) is 5.82 Å². The summed E-state index contributed by atoms with van der Waals surface area (Å²) in [6.45, 7) is 4.64. The van der Waals surface area contributed by atoms with Crippen molar-refractivity contribution in [3.05, 3.63) is 35.6 Å². The molecule has 1 aromatic carbocycles. The summed E-state index contributed by atoms with van der Waals surface area (Å²) in [7, 11) is 0. The van der Waals surface area contributed by atoms with Gasteiger partial charge in [0.15, 0.2) is 0 Å². The van der Waals surface area contributed by atoms with Gasteiger partial charge in [0.25, 0.3) is 0 Å². The smallest absolute Gasteiger partial charge is 0.223 e. The first-order chi connectivity index (χ1) is 8.67. The molecule has 0 saturated carbocycles. The molecule has 18 heavy (non-hydrogen) atoms. The van der Waals surface area contributed by atoms with E-state index in [1.807, 2.05) is 6.92 Å². The van der Waals surface area contributed by atoms with E-state index in [2.05, 4.69) is 12.2 Å². The van der Waals surface area contributed by atoms with Crippen LogP contribution < -0.4 is 5.32 Å². The Bertz CT molecular complexity index is 361. The summed E-state index contributed by atoms with van der Waals surface area (Å²) in [4.78, 5) is 11.9. The molecule has 0 saturated heterocycles. The molecule has 1 amide bonds. The summed E-state index contributed by atoms with van der Waals surface area (Å²) in [5.74, 6) is -0.0415. The van der Waals surface area contributed by atoms with E-state index >= 15 is 0 Å². The summed E-state index contributed by atoms with van der Waals surface area (Å²) in [6.07, 6.45) is 4.02. The molecule has 2 nitrogen and oxygen atoms in total. The molecule has 0 aliphatic rings. The molecule has 0 radical (unpaired) electrons. The first-order valence-corrected chi connectivity index (χ1v) is 6.69. The van der Waals surface area contributed by atoms with Crippen LogP contribution in [0, 0.1) is 11.7 Å². The number of nitrogens with one attached hydrogen (secondary N) is 1. The Morgan fingerprint density at radius 1 is 1.28 bits per heavy atom.